The summed E-state index contributed by atoms with van der Waals surface area (Å²) in [6.45, 7) is 0. The van der Waals surface area contributed by atoms with Crippen molar-refractivity contribution in [3.8, 4) is 0 Å². The molecule has 3 atom stereocenters. The highest BCUT2D eigenvalue weighted by molar-refractivity contribution is 6.31. The number of anilines is 2. The third kappa shape index (κ3) is 2.90. The van der Waals surface area contributed by atoms with Crippen LogP contribution in [-0.2, 0) is 14.4 Å². The average molecular weight is 405 g/mol. The lowest BCUT2D eigenvalue weighted by molar-refractivity contribution is -0.126. The Morgan fingerprint density at radius 1 is 0.759 bits per heavy atom. The third-order valence-corrected chi connectivity index (χ3v) is 5.57. The van der Waals surface area contributed by atoms with Crippen LogP contribution in [0.3, 0.4) is 0 Å². The Kier molecular flexibility index (Phi) is 4.34. The van der Waals surface area contributed by atoms with Crippen LogP contribution in [0.5, 0.6) is 0 Å². The van der Waals surface area contributed by atoms with Crippen LogP contribution < -0.4 is 9.96 Å². The van der Waals surface area contributed by atoms with E-state index in [2.05, 4.69) is 0 Å². The molecule has 0 spiro atoms. The molecule has 5 rings (SSSR count). The minimum Gasteiger partial charge on any atom is -0.273 e. The lowest BCUT2D eigenvalue weighted by Crippen LogP contribution is -2.37. The lowest BCUT2D eigenvalue weighted by Gasteiger charge is -2.28. The van der Waals surface area contributed by atoms with Gasteiger partial charge in [-0.2, -0.15) is 0 Å². The van der Waals surface area contributed by atoms with Gasteiger partial charge in [0, 0.05) is 5.02 Å². The minimum absolute atomic E-state index is 0.283. The van der Waals surface area contributed by atoms with Crippen molar-refractivity contribution in [2.45, 2.75) is 12.1 Å². The maximum atomic E-state index is 13.4. The van der Waals surface area contributed by atoms with Crippen LogP contribution in [0.1, 0.15) is 11.6 Å². The van der Waals surface area contributed by atoms with Crippen molar-refractivity contribution >= 4 is 34.8 Å². The zero-order valence-electron chi connectivity index (χ0n) is 15.3. The standard InChI is InChI=1S/C23H17ClN2O3/c24-16-10-7-13-18(14-16)25-22(27)19-20(15-8-3-1-4-9-15)26(29-21(19)23(25)28)17-11-5-2-6-12-17/h1-14,19-21H/t19-,20-,21-/m0/s1. The second-order valence-electron chi connectivity index (χ2n) is 7.06. The zero-order chi connectivity index (χ0) is 20.0. The van der Waals surface area contributed by atoms with E-state index in [1.54, 1.807) is 29.3 Å². The van der Waals surface area contributed by atoms with E-state index in [0.29, 0.717) is 10.7 Å². The monoisotopic (exact) mass is 404 g/mol. The summed E-state index contributed by atoms with van der Waals surface area (Å²) < 4.78 is 0. The van der Waals surface area contributed by atoms with E-state index in [9.17, 15) is 9.59 Å². The average Bonchev–Trinajstić information content (AvgIpc) is 3.26. The van der Waals surface area contributed by atoms with Gasteiger partial charge in [0.2, 0.25) is 5.91 Å². The van der Waals surface area contributed by atoms with Crippen LogP contribution >= 0.6 is 11.6 Å². The molecule has 2 amide bonds. The van der Waals surface area contributed by atoms with Gasteiger partial charge >= 0.3 is 0 Å². The summed E-state index contributed by atoms with van der Waals surface area (Å²) >= 11 is 6.08. The van der Waals surface area contributed by atoms with Crippen molar-refractivity contribution in [2.24, 2.45) is 5.92 Å². The Bertz CT molecular complexity index is 1070. The Hall–Kier alpha value is -3.15. The molecule has 0 N–H and O–H groups in total. The van der Waals surface area contributed by atoms with Crippen molar-refractivity contribution in [3.05, 3.63) is 95.5 Å². The van der Waals surface area contributed by atoms with Crippen LogP contribution in [0.15, 0.2) is 84.9 Å². The number of imide groups is 1. The number of halogens is 1. The predicted octanol–water partition coefficient (Wildman–Crippen LogP) is 4.39. The van der Waals surface area contributed by atoms with Gasteiger partial charge in [0.25, 0.3) is 5.91 Å². The number of carbonyl (C=O) groups is 2. The van der Waals surface area contributed by atoms with Crippen LogP contribution in [0.2, 0.25) is 5.02 Å². The number of amides is 2. The fourth-order valence-electron chi connectivity index (χ4n) is 4.07. The topological polar surface area (TPSA) is 49.9 Å². The first kappa shape index (κ1) is 17.9. The first-order valence-electron chi connectivity index (χ1n) is 9.34. The quantitative estimate of drug-likeness (QED) is 0.607. The highest BCUT2D eigenvalue weighted by atomic mass is 35.5. The van der Waals surface area contributed by atoms with Crippen molar-refractivity contribution in [3.63, 3.8) is 0 Å². The number of hydrogen-bond donors (Lipinski definition) is 0. The molecule has 2 aliphatic heterocycles. The van der Waals surface area contributed by atoms with Crippen molar-refractivity contribution < 1.29 is 14.4 Å². The molecule has 0 aliphatic carbocycles. The first-order chi connectivity index (χ1) is 14.1. The second kappa shape index (κ2) is 7.03. The molecule has 0 radical (unpaired) electrons. The number of fused-ring (bicyclic) bond motifs is 1. The predicted molar refractivity (Wildman–Crippen MR) is 110 cm³/mol. The SMILES string of the molecule is O=C1[C@@H]2[C@H](ON(c3ccccc3)[C@H]2c2ccccc2)C(=O)N1c1cccc(Cl)c1. The summed E-state index contributed by atoms with van der Waals surface area (Å²) in [5.41, 5.74) is 2.17. The molecule has 3 aromatic carbocycles. The summed E-state index contributed by atoms with van der Waals surface area (Å²) in [5, 5.41) is 2.15. The second-order valence-corrected chi connectivity index (χ2v) is 7.50. The molecule has 2 heterocycles. The molecule has 2 saturated heterocycles. The van der Waals surface area contributed by atoms with E-state index >= 15 is 0 Å². The number of carbonyl (C=O) groups excluding carboxylic acids is 2. The molecule has 144 valence electrons. The van der Waals surface area contributed by atoms with E-state index in [0.717, 1.165) is 11.3 Å². The molecular formula is C23H17ClN2O3. The summed E-state index contributed by atoms with van der Waals surface area (Å²) in [6.07, 6.45) is -0.883. The molecule has 2 aliphatic rings. The van der Waals surface area contributed by atoms with Gasteiger partial charge in [0.1, 0.15) is 5.92 Å². The third-order valence-electron chi connectivity index (χ3n) is 5.33. The number of para-hydroxylation sites is 1. The molecule has 0 unspecified atom stereocenters. The number of hydroxylamine groups is 1. The van der Waals surface area contributed by atoms with Crippen LogP contribution in [-0.4, -0.2) is 17.9 Å². The molecule has 5 nitrogen and oxygen atoms in total. The van der Waals surface area contributed by atoms with Gasteiger partial charge in [-0.25, -0.2) is 9.96 Å². The largest absolute Gasteiger partial charge is 0.273 e. The van der Waals surface area contributed by atoms with Crippen LogP contribution in [0.25, 0.3) is 0 Å². The Morgan fingerprint density at radius 3 is 2.10 bits per heavy atom. The van der Waals surface area contributed by atoms with E-state index in [1.807, 2.05) is 60.7 Å². The van der Waals surface area contributed by atoms with E-state index in [-0.39, 0.29) is 11.8 Å². The number of benzene rings is 3. The molecule has 3 aromatic rings. The van der Waals surface area contributed by atoms with Gasteiger partial charge in [-0.1, -0.05) is 66.2 Å². The maximum Gasteiger partial charge on any atom is 0.266 e. The minimum atomic E-state index is -0.883. The van der Waals surface area contributed by atoms with Crippen LogP contribution in [0, 0.1) is 5.92 Å². The van der Waals surface area contributed by atoms with Gasteiger partial charge in [-0.15, -0.1) is 0 Å². The zero-order valence-corrected chi connectivity index (χ0v) is 16.1. The van der Waals surface area contributed by atoms with Gasteiger partial charge in [0.15, 0.2) is 6.10 Å². The fraction of sp³-hybridized carbons (Fsp3) is 0.130. The Labute approximate surface area is 173 Å². The smallest absolute Gasteiger partial charge is 0.266 e. The summed E-state index contributed by atoms with van der Waals surface area (Å²) in [6, 6.07) is 25.5. The van der Waals surface area contributed by atoms with Gasteiger partial charge < -0.3 is 0 Å². The summed E-state index contributed by atoms with van der Waals surface area (Å²) in [4.78, 5) is 33.9. The van der Waals surface area contributed by atoms with Gasteiger partial charge in [0.05, 0.1) is 17.4 Å². The molecular weight excluding hydrogens is 388 g/mol. The first-order valence-corrected chi connectivity index (χ1v) is 9.72. The lowest BCUT2D eigenvalue weighted by atomic mass is 9.90. The van der Waals surface area contributed by atoms with Gasteiger partial charge in [-0.05, 0) is 35.9 Å². The van der Waals surface area contributed by atoms with Crippen molar-refractivity contribution in [1.82, 2.24) is 0 Å². The number of hydrogen-bond acceptors (Lipinski definition) is 4. The molecule has 6 heteroatoms. The highest BCUT2D eigenvalue weighted by Crippen LogP contribution is 2.47. The molecule has 2 fully saturated rings. The molecule has 0 aromatic heterocycles. The normalized spacial score (nSPS) is 23.6. The van der Waals surface area contributed by atoms with E-state index in [4.69, 9.17) is 16.4 Å². The number of nitrogens with zero attached hydrogens (tertiary/aromatic N) is 2. The Morgan fingerprint density at radius 2 is 1.41 bits per heavy atom. The highest BCUT2D eigenvalue weighted by Gasteiger charge is 2.60. The Balaban J connectivity index is 1.59. The van der Waals surface area contributed by atoms with E-state index < -0.39 is 18.1 Å². The summed E-state index contributed by atoms with van der Waals surface area (Å²) in [5.74, 6) is -1.31. The fourth-order valence-corrected chi connectivity index (χ4v) is 4.26. The maximum absolute atomic E-state index is 13.4. The number of rotatable bonds is 3. The van der Waals surface area contributed by atoms with Crippen molar-refractivity contribution in [1.29, 1.82) is 0 Å². The van der Waals surface area contributed by atoms with Gasteiger partial charge in [-0.3, -0.25) is 14.4 Å². The molecule has 29 heavy (non-hydrogen) atoms. The molecule has 0 bridgehead atoms. The van der Waals surface area contributed by atoms with Crippen LogP contribution in [0.4, 0.5) is 11.4 Å². The summed E-state index contributed by atoms with van der Waals surface area (Å²) in [7, 11) is 0. The van der Waals surface area contributed by atoms with E-state index in [1.165, 1.54) is 4.90 Å². The van der Waals surface area contributed by atoms with Crippen molar-refractivity contribution in [2.75, 3.05) is 9.96 Å². The molecule has 0 saturated carbocycles.